The number of anilines is 1. The molecule has 3 aromatic heterocycles. The van der Waals surface area contributed by atoms with Crippen molar-refractivity contribution in [1.82, 2.24) is 19.3 Å². The molecule has 0 radical (unpaired) electrons. The van der Waals surface area contributed by atoms with Crippen molar-refractivity contribution in [3.05, 3.63) is 48.0 Å². The molecule has 0 amide bonds. The van der Waals surface area contributed by atoms with Gasteiger partial charge in [0.15, 0.2) is 0 Å². The van der Waals surface area contributed by atoms with E-state index in [1.165, 1.54) is 0 Å². The van der Waals surface area contributed by atoms with Gasteiger partial charge in [0.25, 0.3) is 0 Å². The fraction of sp³-hybridized carbons (Fsp3) is 0.391. The number of rotatable bonds is 3. The molecule has 4 heterocycles. The fourth-order valence-electron chi connectivity index (χ4n) is 4.28. The zero-order chi connectivity index (χ0) is 20.2. The molecule has 6 heteroatoms. The Bertz CT molecular complexity index is 1200. The molecule has 1 fully saturated rings. The molecule has 0 bridgehead atoms. The van der Waals surface area contributed by atoms with Crippen LogP contribution in [0.15, 0.2) is 42.5 Å². The quantitative estimate of drug-likeness (QED) is 0.558. The molecule has 1 aliphatic rings. The molecule has 1 saturated heterocycles. The van der Waals surface area contributed by atoms with Crippen LogP contribution in [0, 0.1) is 0 Å². The van der Waals surface area contributed by atoms with E-state index in [9.17, 15) is 5.11 Å². The van der Waals surface area contributed by atoms with Gasteiger partial charge in [-0.25, -0.2) is 9.97 Å². The van der Waals surface area contributed by atoms with Crippen LogP contribution in [0.1, 0.15) is 32.3 Å². The number of para-hydroxylation sites is 2. The molecule has 0 spiro atoms. The highest BCUT2D eigenvalue weighted by molar-refractivity contribution is 5.91. The van der Waals surface area contributed by atoms with Crippen LogP contribution in [0.4, 0.5) is 5.82 Å². The topological polar surface area (TPSA) is 65.7 Å². The number of imidazole rings is 1. The Morgan fingerprint density at radius 2 is 1.79 bits per heavy atom. The average Bonchev–Trinajstić information content (AvgIpc) is 3.08. The molecule has 6 nitrogen and oxygen atoms in total. The molecule has 5 rings (SSSR count). The van der Waals surface area contributed by atoms with Gasteiger partial charge in [0.05, 0.1) is 16.6 Å². The van der Waals surface area contributed by atoms with Crippen molar-refractivity contribution < 1.29 is 5.11 Å². The van der Waals surface area contributed by atoms with Gasteiger partial charge < -0.3 is 15.3 Å². The maximum atomic E-state index is 10.8. The van der Waals surface area contributed by atoms with E-state index in [4.69, 9.17) is 9.97 Å². The second-order valence-electron chi connectivity index (χ2n) is 8.71. The normalized spacial score (nSPS) is 16.8. The maximum absolute atomic E-state index is 10.8. The maximum Gasteiger partial charge on any atom is 0.148 e. The number of piperidine rings is 1. The summed E-state index contributed by atoms with van der Waals surface area (Å²) in [5.41, 5.74) is 3.33. The zero-order valence-electron chi connectivity index (χ0n) is 17.2. The van der Waals surface area contributed by atoms with Gasteiger partial charge in [-0.1, -0.05) is 12.1 Å². The summed E-state index contributed by atoms with van der Waals surface area (Å²) in [6.07, 6.45) is 2.24. The van der Waals surface area contributed by atoms with Crippen molar-refractivity contribution in [3.63, 3.8) is 0 Å². The Morgan fingerprint density at radius 1 is 1.03 bits per heavy atom. The third-order valence-electron chi connectivity index (χ3n) is 5.95. The first-order chi connectivity index (χ1) is 13.9. The number of pyridine rings is 2. The Balaban J connectivity index is 1.69. The van der Waals surface area contributed by atoms with Crippen LogP contribution in [0.5, 0.6) is 0 Å². The minimum Gasteiger partial charge on any atom is -0.386 e. The molecular formula is C23H27N5O. The minimum absolute atomic E-state index is 0.446. The van der Waals surface area contributed by atoms with Gasteiger partial charge in [-0.3, -0.25) is 4.40 Å². The molecule has 1 aromatic carbocycles. The smallest absolute Gasteiger partial charge is 0.148 e. The van der Waals surface area contributed by atoms with Gasteiger partial charge in [-0.15, -0.1) is 0 Å². The SMILES string of the molecule is CN1CCC(Nc2ccc3cc(C(C)(C)O)c4nc5ccccc5n4c3n2)CC1. The van der Waals surface area contributed by atoms with Crippen LogP contribution >= 0.6 is 0 Å². The third-order valence-corrected chi connectivity index (χ3v) is 5.95. The fourth-order valence-corrected chi connectivity index (χ4v) is 4.28. The van der Waals surface area contributed by atoms with Gasteiger partial charge >= 0.3 is 0 Å². The summed E-state index contributed by atoms with van der Waals surface area (Å²) >= 11 is 0. The number of likely N-dealkylation sites (tertiary alicyclic amines) is 1. The third kappa shape index (κ3) is 3.22. The molecule has 0 saturated carbocycles. The molecule has 0 unspecified atom stereocenters. The molecular weight excluding hydrogens is 362 g/mol. The van der Waals surface area contributed by atoms with Crippen LogP contribution in [-0.4, -0.2) is 50.6 Å². The van der Waals surface area contributed by atoms with E-state index in [1.54, 1.807) is 13.8 Å². The number of nitrogens with one attached hydrogen (secondary N) is 1. The van der Waals surface area contributed by atoms with Gasteiger partial charge in [-0.05, 0) is 77.2 Å². The number of aromatic nitrogens is 3. The van der Waals surface area contributed by atoms with E-state index in [0.717, 1.165) is 65.0 Å². The van der Waals surface area contributed by atoms with Crippen molar-refractivity contribution in [1.29, 1.82) is 0 Å². The highest BCUT2D eigenvalue weighted by Gasteiger charge is 2.24. The Hall–Kier alpha value is -2.70. The van der Waals surface area contributed by atoms with Gasteiger partial charge in [-0.2, -0.15) is 0 Å². The molecule has 0 aliphatic carbocycles. The Kier molecular flexibility index (Phi) is 4.22. The summed E-state index contributed by atoms with van der Waals surface area (Å²) in [4.78, 5) is 12.2. The molecule has 0 atom stereocenters. The average molecular weight is 390 g/mol. The number of hydrogen-bond acceptors (Lipinski definition) is 5. The summed E-state index contributed by atoms with van der Waals surface area (Å²) in [6.45, 7) is 5.82. The first kappa shape index (κ1) is 18.3. The van der Waals surface area contributed by atoms with Crippen LogP contribution in [0.3, 0.4) is 0 Å². The number of aliphatic hydroxyl groups is 1. The summed E-state index contributed by atoms with van der Waals surface area (Å²) < 4.78 is 2.08. The van der Waals surface area contributed by atoms with E-state index in [-0.39, 0.29) is 0 Å². The second-order valence-corrected chi connectivity index (χ2v) is 8.71. The van der Waals surface area contributed by atoms with E-state index >= 15 is 0 Å². The number of benzene rings is 1. The largest absolute Gasteiger partial charge is 0.386 e. The van der Waals surface area contributed by atoms with E-state index in [1.807, 2.05) is 30.3 Å². The van der Waals surface area contributed by atoms with Gasteiger partial charge in [0.2, 0.25) is 0 Å². The molecule has 150 valence electrons. The predicted octanol–water partition coefficient (Wildman–Crippen LogP) is 3.77. The highest BCUT2D eigenvalue weighted by Crippen LogP contribution is 2.32. The standard InChI is InChI=1S/C23H27N5O/c1-23(2,29)17-14-15-8-9-20(24-16-10-12-27(3)13-11-16)26-21(15)28-19-7-5-4-6-18(19)25-22(17)28/h4-9,14,16,29H,10-13H2,1-3H3,(H,24,26). The lowest BCUT2D eigenvalue weighted by molar-refractivity contribution is 0.0798. The van der Waals surface area contributed by atoms with Crippen LogP contribution in [0.25, 0.3) is 27.7 Å². The Morgan fingerprint density at radius 3 is 2.55 bits per heavy atom. The van der Waals surface area contributed by atoms with Gasteiger partial charge in [0, 0.05) is 17.0 Å². The monoisotopic (exact) mass is 389 g/mol. The molecule has 4 aromatic rings. The van der Waals surface area contributed by atoms with Crippen molar-refractivity contribution in [2.75, 3.05) is 25.5 Å². The first-order valence-corrected chi connectivity index (χ1v) is 10.3. The zero-order valence-corrected chi connectivity index (χ0v) is 17.2. The highest BCUT2D eigenvalue weighted by atomic mass is 16.3. The number of nitrogens with zero attached hydrogens (tertiary/aromatic N) is 4. The lowest BCUT2D eigenvalue weighted by atomic mass is 9.98. The number of hydrogen-bond donors (Lipinski definition) is 2. The van der Waals surface area contributed by atoms with Crippen LogP contribution in [0.2, 0.25) is 0 Å². The lowest BCUT2D eigenvalue weighted by Crippen LogP contribution is -2.36. The van der Waals surface area contributed by atoms with E-state index < -0.39 is 5.60 Å². The van der Waals surface area contributed by atoms with Crippen LogP contribution in [-0.2, 0) is 5.60 Å². The van der Waals surface area contributed by atoms with Crippen molar-refractivity contribution in [3.8, 4) is 0 Å². The molecule has 2 N–H and O–H groups in total. The number of fused-ring (bicyclic) bond motifs is 5. The summed E-state index contributed by atoms with van der Waals surface area (Å²) in [6, 6.07) is 14.7. The molecule has 1 aliphatic heterocycles. The van der Waals surface area contributed by atoms with Gasteiger partial charge in [0.1, 0.15) is 17.1 Å². The van der Waals surface area contributed by atoms with E-state index in [0.29, 0.717) is 6.04 Å². The van der Waals surface area contributed by atoms with Crippen molar-refractivity contribution in [2.45, 2.75) is 38.3 Å². The summed E-state index contributed by atoms with van der Waals surface area (Å²) in [7, 11) is 2.17. The van der Waals surface area contributed by atoms with Crippen LogP contribution < -0.4 is 5.32 Å². The minimum atomic E-state index is -0.998. The summed E-state index contributed by atoms with van der Waals surface area (Å²) in [5.74, 6) is 0.891. The second kappa shape index (κ2) is 6.68. The predicted molar refractivity (Wildman–Crippen MR) is 117 cm³/mol. The van der Waals surface area contributed by atoms with E-state index in [2.05, 4.69) is 33.8 Å². The molecule has 29 heavy (non-hydrogen) atoms. The lowest BCUT2D eigenvalue weighted by Gasteiger charge is -2.29. The van der Waals surface area contributed by atoms with Crippen molar-refractivity contribution >= 4 is 33.5 Å². The first-order valence-electron chi connectivity index (χ1n) is 10.3. The van der Waals surface area contributed by atoms with Crippen molar-refractivity contribution in [2.24, 2.45) is 0 Å². The Labute approximate surface area is 170 Å². The summed E-state index contributed by atoms with van der Waals surface area (Å²) in [5, 5.41) is 15.4.